The second kappa shape index (κ2) is 6.67. The van der Waals surface area contributed by atoms with Crippen molar-refractivity contribution in [2.45, 2.75) is 32.0 Å². The van der Waals surface area contributed by atoms with Gasteiger partial charge in [0.1, 0.15) is 18.4 Å². The molecule has 2 amide bonds. The van der Waals surface area contributed by atoms with Crippen molar-refractivity contribution in [2.24, 2.45) is 0 Å². The lowest BCUT2D eigenvalue weighted by atomic mass is 10.0. The number of amides is 2. The number of piperidine rings is 1. The first kappa shape index (κ1) is 16.4. The van der Waals surface area contributed by atoms with E-state index in [-0.39, 0.29) is 11.8 Å². The minimum absolute atomic E-state index is 0.113. The van der Waals surface area contributed by atoms with Crippen molar-refractivity contribution in [1.29, 1.82) is 0 Å². The molecule has 0 radical (unpaired) electrons. The van der Waals surface area contributed by atoms with Gasteiger partial charge in [0.25, 0.3) is 5.91 Å². The largest absolute Gasteiger partial charge is 0.489 e. The third kappa shape index (κ3) is 2.96. The summed E-state index contributed by atoms with van der Waals surface area (Å²) in [4.78, 5) is 26.7. The molecule has 1 atom stereocenters. The first-order valence-electron chi connectivity index (χ1n) is 8.71. The lowest BCUT2D eigenvalue weighted by Gasteiger charge is -2.31. The zero-order chi connectivity index (χ0) is 18.1. The number of carbonyl (C=O) groups excluding carboxylic acids is 2. The maximum atomic E-state index is 12.8. The van der Waals surface area contributed by atoms with Crippen LogP contribution >= 0.6 is 0 Å². The van der Waals surface area contributed by atoms with E-state index in [9.17, 15) is 9.59 Å². The average molecular weight is 348 g/mol. The highest BCUT2D eigenvalue weighted by Gasteiger charge is 2.39. The summed E-state index contributed by atoms with van der Waals surface area (Å²) < 4.78 is 5.97. The molecule has 1 saturated heterocycles. The van der Waals surface area contributed by atoms with Crippen LogP contribution in [0.5, 0.6) is 5.75 Å². The molecular formula is C21H20N2O3. The maximum Gasteiger partial charge on any atom is 0.255 e. The van der Waals surface area contributed by atoms with Gasteiger partial charge in [-0.1, -0.05) is 43.0 Å². The zero-order valence-electron chi connectivity index (χ0n) is 14.4. The molecule has 0 aliphatic carbocycles. The van der Waals surface area contributed by atoms with Crippen LogP contribution in [0.2, 0.25) is 0 Å². The van der Waals surface area contributed by atoms with Crippen LogP contribution in [0.3, 0.4) is 0 Å². The molecule has 4 rings (SSSR count). The third-order valence-corrected chi connectivity index (χ3v) is 4.89. The van der Waals surface area contributed by atoms with Crippen molar-refractivity contribution in [1.82, 2.24) is 10.2 Å². The average Bonchev–Trinajstić information content (AvgIpc) is 2.98. The van der Waals surface area contributed by atoms with Crippen LogP contribution < -0.4 is 10.1 Å². The van der Waals surface area contributed by atoms with Gasteiger partial charge in [0.2, 0.25) is 5.91 Å². The van der Waals surface area contributed by atoms with Gasteiger partial charge in [-0.25, -0.2) is 0 Å². The summed E-state index contributed by atoms with van der Waals surface area (Å²) in [6, 6.07) is 14.9. The van der Waals surface area contributed by atoms with E-state index in [1.54, 1.807) is 11.0 Å². The summed E-state index contributed by atoms with van der Waals surface area (Å²) in [6.45, 7) is 4.63. The Morgan fingerprint density at radius 2 is 1.92 bits per heavy atom. The topological polar surface area (TPSA) is 58.6 Å². The minimum Gasteiger partial charge on any atom is -0.489 e. The van der Waals surface area contributed by atoms with Gasteiger partial charge < -0.3 is 15.0 Å². The number of benzene rings is 2. The van der Waals surface area contributed by atoms with Crippen LogP contribution in [0.4, 0.5) is 0 Å². The van der Waals surface area contributed by atoms with Gasteiger partial charge in [0.05, 0.1) is 6.54 Å². The molecule has 0 spiro atoms. The van der Waals surface area contributed by atoms with Gasteiger partial charge in [0, 0.05) is 16.8 Å². The Kier molecular flexibility index (Phi) is 4.21. The molecule has 2 aliphatic rings. The number of allylic oxidation sites excluding steroid dienone is 1. The lowest BCUT2D eigenvalue weighted by molar-refractivity contribution is -0.126. The molecule has 5 nitrogen and oxygen atoms in total. The number of rotatable bonds is 4. The SMILES string of the molecule is C=C1CCC(N2Cc3c(OCc4ccccc4)cccc3C2=O)C(=O)N1. The molecule has 132 valence electrons. The van der Waals surface area contributed by atoms with E-state index < -0.39 is 6.04 Å². The molecule has 26 heavy (non-hydrogen) atoms. The summed E-state index contributed by atoms with van der Waals surface area (Å²) in [7, 11) is 0. The van der Waals surface area contributed by atoms with Crippen LogP contribution in [0.25, 0.3) is 0 Å². The number of fused-ring (bicyclic) bond motifs is 1. The number of ether oxygens (including phenoxy) is 1. The van der Waals surface area contributed by atoms with Gasteiger partial charge in [-0.2, -0.15) is 0 Å². The Balaban J connectivity index is 1.54. The molecule has 1 fully saturated rings. The zero-order valence-corrected chi connectivity index (χ0v) is 14.4. The molecule has 0 saturated carbocycles. The van der Waals surface area contributed by atoms with Gasteiger partial charge in [-0.3, -0.25) is 9.59 Å². The summed E-state index contributed by atoms with van der Waals surface area (Å²) in [6.07, 6.45) is 1.29. The smallest absolute Gasteiger partial charge is 0.255 e. The van der Waals surface area contributed by atoms with Crippen LogP contribution in [0.15, 0.2) is 60.8 Å². The Labute approximate surface area is 152 Å². The van der Waals surface area contributed by atoms with E-state index in [0.717, 1.165) is 11.1 Å². The molecule has 2 aromatic rings. The van der Waals surface area contributed by atoms with E-state index in [4.69, 9.17) is 4.74 Å². The fourth-order valence-electron chi connectivity index (χ4n) is 3.51. The number of nitrogens with one attached hydrogen (secondary N) is 1. The Bertz CT molecular complexity index is 876. The Morgan fingerprint density at radius 3 is 2.69 bits per heavy atom. The molecular weight excluding hydrogens is 328 g/mol. The second-order valence-electron chi connectivity index (χ2n) is 6.64. The van der Waals surface area contributed by atoms with Gasteiger partial charge in [-0.05, 0) is 30.5 Å². The highest BCUT2D eigenvalue weighted by atomic mass is 16.5. The molecule has 1 N–H and O–H groups in total. The fourth-order valence-corrected chi connectivity index (χ4v) is 3.51. The van der Waals surface area contributed by atoms with E-state index in [1.807, 2.05) is 42.5 Å². The monoisotopic (exact) mass is 348 g/mol. The van der Waals surface area contributed by atoms with Gasteiger partial charge in [0.15, 0.2) is 0 Å². The van der Waals surface area contributed by atoms with Crippen LogP contribution in [0, 0.1) is 0 Å². The predicted molar refractivity (Wildman–Crippen MR) is 97.4 cm³/mol. The molecule has 0 bridgehead atoms. The van der Waals surface area contributed by atoms with Crippen molar-refractivity contribution in [3.05, 3.63) is 77.5 Å². The number of hydrogen-bond acceptors (Lipinski definition) is 3. The summed E-state index contributed by atoms with van der Waals surface area (Å²) >= 11 is 0. The van der Waals surface area contributed by atoms with Crippen molar-refractivity contribution < 1.29 is 14.3 Å². The minimum atomic E-state index is -0.456. The van der Waals surface area contributed by atoms with Crippen molar-refractivity contribution >= 4 is 11.8 Å². The van der Waals surface area contributed by atoms with Crippen molar-refractivity contribution in [2.75, 3.05) is 0 Å². The fraction of sp³-hybridized carbons (Fsp3) is 0.238. The number of nitrogens with zero attached hydrogens (tertiary/aromatic N) is 1. The van der Waals surface area contributed by atoms with E-state index >= 15 is 0 Å². The van der Waals surface area contributed by atoms with Crippen molar-refractivity contribution in [3.8, 4) is 5.75 Å². The lowest BCUT2D eigenvalue weighted by Crippen LogP contribution is -2.49. The summed E-state index contributed by atoms with van der Waals surface area (Å²) in [5, 5.41) is 2.76. The summed E-state index contributed by atoms with van der Waals surface area (Å²) in [5.74, 6) is 0.426. The standard InChI is InChI=1S/C21H20N2O3/c1-14-10-11-18(20(24)22-14)23-12-17-16(21(23)25)8-5-9-19(17)26-13-15-6-3-2-4-7-15/h2-9,18H,1,10-13H2,(H,22,24). The quantitative estimate of drug-likeness (QED) is 0.924. The molecule has 2 aliphatic heterocycles. The second-order valence-corrected chi connectivity index (χ2v) is 6.64. The van der Waals surface area contributed by atoms with Crippen LogP contribution in [-0.4, -0.2) is 22.8 Å². The van der Waals surface area contributed by atoms with Crippen molar-refractivity contribution in [3.63, 3.8) is 0 Å². The molecule has 1 unspecified atom stereocenters. The normalized spacial score (nSPS) is 19.3. The number of carbonyl (C=O) groups is 2. The third-order valence-electron chi connectivity index (χ3n) is 4.89. The first-order valence-corrected chi connectivity index (χ1v) is 8.71. The molecule has 0 aromatic heterocycles. The Hall–Kier alpha value is -3.08. The molecule has 2 aromatic carbocycles. The van der Waals surface area contributed by atoms with E-state index in [1.165, 1.54) is 0 Å². The Morgan fingerprint density at radius 1 is 1.12 bits per heavy atom. The van der Waals surface area contributed by atoms with E-state index in [0.29, 0.717) is 43.0 Å². The number of hydrogen-bond donors (Lipinski definition) is 1. The van der Waals surface area contributed by atoms with E-state index in [2.05, 4.69) is 11.9 Å². The maximum absolute atomic E-state index is 12.8. The van der Waals surface area contributed by atoms with Gasteiger partial charge in [-0.15, -0.1) is 0 Å². The highest BCUT2D eigenvalue weighted by Crippen LogP contribution is 2.34. The predicted octanol–water partition coefficient (Wildman–Crippen LogP) is 3.01. The van der Waals surface area contributed by atoms with Crippen LogP contribution in [-0.2, 0) is 17.9 Å². The highest BCUT2D eigenvalue weighted by molar-refractivity contribution is 6.02. The van der Waals surface area contributed by atoms with Crippen LogP contribution in [0.1, 0.15) is 34.3 Å². The summed E-state index contributed by atoms with van der Waals surface area (Å²) in [5.41, 5.74) is 3.25. The first-order chi connectivity index (χ1) is 12.6. The molecule has 2 heterocycles. The van der Waals surface area contributed by atoms with Gasteiger partial charge >= 0.3 is 0 Å². The molecule has 5 heteroatoms.